The maximum atomic E-state index is 13.0. The lowest BCUT2D eigenvalue weighted by Crippen LogP contribution is -2.62. The molecule has 13 atom stereocenters. The van der Waals surface area contributed by atoms with Crippen molar-refractivity contribution in [2.24, 2.45) is 52.3 Å². The van der Waals surface area contributed by atoms with Crippen LogP contribution in [0.15, 0.2) is 0 Å². The van der Waals surface area contributed by atoms with Gasteiger partial charge in [-0.25, -0.2) is 0 Å². The van der Waals surface area contributed by atoms with E-state index < -0.39 is 46.8 Å². The van der Waals surface area contributed by atoms with Crippen LogP contribution in [-0.2, 0) is 9.53 Å². The molecule has 4 fully saturated rings. The molecule has 0 radical (unpaired) electrons. The molecule has 0 aromatic rings. The van der Waals surface area contributed by atoms with Crippen molar-refractivity contribution in [1.82, 2.24) is 0 Å². The molecule has 5 N–H and O–H groups in total. The number of carbonyl (C=O) groups excluding carboxylic acids is 1. The van der Waals surface area contributed by atoms with Gasteiger partial charge in [0.2, 0.25) is 0 Å². The van der Waals surface area contributed by atoms with E-state index in [9.17, 15) is 30.3 Å². The maximum absolute atomic E-state index is 13.0. The SMILES string of the molecule is CC(C)[C@H](C)[C@@H](O)[C@@H](O)[C@@H](C)[C@H]1CCC2(O)[C@@H]3COC(=O)[C@H]4C[C@H](O)[C@H](O)C[C@]4(C)[C@H]3CC[C@]12C. The molecule has 0 amide bonds. The van der Waals surface area contributed by atoms with E-state index in [0.29, 0.717) is 12.8 Å². The predicted molar refractivity (Wildman–Crippen MR) is 131 cm³/mol. The van der Waals surface area contributed by atoms with Gasteiger partial charge in [0.15, 0.2) is 0 Å². The second kappa shape index (κ2) is 9.23. The Labute approximate surface area is 210 Å². The van der Waals surface area contributed by atoms with Crippen LogP contribution in [0.2, 0.25) is 0 Å². The van der Waals surface area contributed by atoms with Crippen LogP contribution in [0, 0.1) is 52.3 Å². The number of rotatable bonds is 5. The van der Waals surface area contributed by atoms with Gasteiger partial charge in [-0.3, -0.25) is 4.79 Å². The summed E-state index contributed by atoms with van der Waals surface area (Å²) in [6, 6.07) is 0. The fourth-order valence-electron chi connectivity index (χ4n) is 8.89. The first kappa shape index (κ1) is 27.3. The average molecular weight is 497 g/mol. The molecular formula is C28H48O7. The summed E-state index contributed by atoms with van der Waals surface area (Å²) in [7, 11) is 0. The standard InChI is InChI=1S/C28H48O7/c1-14(2)15(3)23(31)24(32)16(4)17-8-10-28(34)20-13-35-25(33)19-11-21(29)22(30)12-26(19,5)18(20)7-9-27(17,28)6/h14-24,29-32,34H,7-13H2,1-6H3/t15-,16-,17+,18-,19+,20+,21-,22+,23+,24-,26+,27+,28?/m0/s1. The summed E-state index contributed by atoms with van der Waals surface area (Å²) in [5.74, 6) is -1.05. The van der Waals surface area contributed by atoms with Crippen molar-refractivity contribution in [3.05, 3.63) is 0 Å². The second-order valence-corrected chi connectivity index (χ2v) is 13.4. The van der Waals surface area contributed by atoms with Gasteiger partial charge in [-0.05, 0) is 78.9 Å². The molecule has 202 valence electrons. The van der Waals surface area contributed by atoms with E-state index in [-0.39, 0.29) is 54.5 Å². The van der Waals surface area contributed by atoms with Crippen LogP contribution in [0.5, 0.6) is 0 Å². The summed E-state index contributed by atoms with van der Waals surface area (Å²) >= 11 is 0. The maximum Gasteiger partial charge on any atom is 0.309 e. The Bertz CT molecular complexity index is 802. The number of esters is 1. The number of carbonyl (C=O) groups is 1. The van der Waals surface area contributed by atoms with Gasteiger partial charge in [0.05, 0.1) is 42.5 Å². The van der Waals surface area contributed by atoms with Gasteiger partial charge in [0.1, 0.15) is 0 Å². The largest absolute Gasteiger partial charge is 0.465 e. The second-order valence-electron chi connectivity index (χ2n) is 13.4. The molecule has 3 saturated carbocycles. The smallest absolute Gasteiger partial charge is 0.309 e. The minimum Gasteiger partial charge on any atom is -0.465 e. The van der Waals surface area contributed by atoms with E-state index >= 15 is 0 Å². The summed E-state index contributed by atoms with van der Waals surface area (Å²) in [5, 5.41) is 55.3. The molecule has 0 aromatic carbocycles. The summed E-state index contributed by atoms with van der Waals surface area (Å²) in [5.41, 5.74) is -2.10. The van der Waals surface area contributed by atoms with Gasteiger partial charge < -0.3 is 30.3 Å². The Balaban J connectivity index is 1.63. The van der Waals surface area contributed by atoms with Crippen LogP contribution in [0.25, 0.3) is 0 Å². The Hall–Kier alpha value is -0.730. The molecule has 4 rings (SSSR count). The van der Waals surface area contributed by atoms with Gasteiger partial charge in [-0.2, -0.15) is 0 Å². The van der Waals surface area contributed by atoms with E-state index in [1.807, 2.05) is 34.6 Å². The van der Waals surface area contributed by atoms with Gasteiger partial charge in [0.25, 0.3) is 0 Å². The van der Waals surface area contributed by atoms with E-state index in [1.165, 1.54) is 0 Å². The third-order valence-corrected chi connectivity index (χ3v) is 11.7. The molecule has 0 aromatic heterocycles. The predicted octanol–water partition coefficient (Wildman–Crippen LogP) is 2.50. The normalized spacial score (nSPS) is 49.2. The van der Waals surface area contributed by atoms with Gasteiger partial charge in [-0.15, -0.1) is 0 Å². The highest BCUT2D eigenvalue weighted by atomic mass is 16.5. The summed E-state index contributed by atoms with van der Waals surface area (Å²) in [4.78, 5) is 13.0. The molecule has 4 aliphatic rings. The van der Waals surface area contributed by atoms with Crippen molar-refractivity contribution >= 4 is 5.97 Å². The topological polar surface area (TPSA) is 127 Å². The van der Waals surface area contributed by atoms with Crippen molar-refractivity contribution in [2.75, 3.05) is 6.61 Å². The van der Waals surface area contributed by atoms with Crippen molar-refractivity contribution < 1.29 is 35.1 Å². The number of ether oxygens (including phenoxy) is 1. The molecule has 1 saturated heterocycles. The fraction of sp³-hybridized carbons (Fsp3) is 0.964. The molecule has 7 heteroatoms. The number of cyclic esters (lactones) is 1. The van der Waals surface area contributed by atoms with E-state index in [4.69, 9.17) is 4.74 Å². The lowest BCUT2D eigenvalue weighted by molar-refractivity contribution is -0.202. The van der Waals surface area contributed by atoms with Crippen LogP contribution >= 0.6 is 0 Å². The summed E-state index contributed by atoms with van der Waals surface area (Å²) in [6.45, 7) is 12.4. The first-order valence-electron chi connectivity index (χ1n) is 13.8. The monoisotopic (exact) mass is 496 g/mol. The fourth-order valence-corrected chi connectivity index (χ4v) is 8.89. The highest BCUT2D eigenvalue weighted by molar-refractivity contribution is 5.74. The zero-order valence-corrected chi connectivity index (χ0v) is 22.4. The number of hydrogen-bond acceptors (Lipinski definition) is 7. The number of hydrogen-bond donors (Lipinski definition) is 5. The number of fused-ring (bicyclic) bond motifs is 5. The van der Waals surface area contributed by atoms with Crippen molar-refractivity contribution in [3.63, 3.8) is 0 Å². The Morgan fingerprint density at radius 1 is 0.943 bits per heavy atom. The lowest BCUT2D eigenvalue weighted by Gasteiger charge is -2.59. The van der Waals surface area contributed by atoms with Gasteiger partial charge in [0, 0.05) is 5.92 Å². The van der Waals surface area contributed by atoms with E-state index in [2.05, 4.69) is 6.92 Å². The molecule has 3 aliphatic carbocycles. The van der Waals surface area contributed by atoms with Crippen molar-refractivity contribution in [3.8, 4) is 0 Å². The molecule has 1 heterocycles. The molecule has 0 bridgehead atoms. The molecule has 7 nitrogen and oxygen atoms in total. The van der Waals surface area contributed by atoms with Gasteiger partial charge >= 0.3 is 5.97 Å². The average Bonchev–Trinajstić information content (AvgIpc) is 3.02. The number of aliphatic hydroxyl groups is 5. The van der Waals surface area contributed by atoms with Crippen LogP contribution in [0.4, 0.5) is 0 Å². The molecular weight excluding hydrogens is 448 g/mol. The molecule has 1 aliphatic heterocycles. The number of aliphatic hydroxyl groups excluding tert-OH is 4. The zero-order chi connectivity index (χ0) is 26.1. The lowest BCUT2D eigenvalue weighted by atomic mass is 9.47. The Morgan fingerprint density at radius 3 is 2.23 bits per heavy atom. The first-order chi connectivity index (χ1) is 16.2. The highest BCUT2D eigenvalue weighted by Crippen LogP contribution is 2.67. The van der Waals surface area contributed by atoms with Crippen LogP contribution in [0.1, 0.15) is 80.1 Å². The Morgan fingerprint density at radius 2 is 1.60 bits per heavy atom. The molecule has 0 spiro atoms. The van der Waals surface area contributed by atoms with E-state index in [1.54, 1.807) is 0 Å². The third kappa shape index (κ3) is 3.99. The molecule has 35 heavy (non-hydrogen) atoms. The van der Waals surface area contributed by atoms with Gasteiger partial charge in [-0.1, -0.05) is 41.5 Å². The zero-order valence-electron chi connectivity index (χ0n) is 22.4. The van der Waals surface area contributed by atoms with Crippen LogP contribution < -0.4 is 0 Å². The first-order valence-corrected chi connectivity index (χ1v) is 13.8. The van der Waals surface area contributed by atoms with Crippen molar-refractivity contribution in [1.29, 1.82) is 0 Å². The van der Waals surface area contributed by atoms with Crippen molar-refractivity contribution in [2.45, 2.75) is 110 Å². The molecule has 1 unspecified atom stereocenters. The highest BCUT2D eigenvalue weighted by Gasteiger charge is 2.69. The minimum atomic E-state index is -1.07. The Kier molecular flexibility index (Phi) is 7.20. The quantitative estimate of drug-likeness (QED) is 0.370. The van der Waals surface area contributed by atoms with E-state index in [0.717, 1.165) is 19.3 Å². The third-order valence-electron chi connectivity index (χ3n) is 11.7. The minimum absolute atomic E-state index is 0.00953. The summed E-state index contributed by atoms with van der Waals surface area (Å²) in [6.07, 6.45) is -0.179. The van der Waals surface area contributed by atoms with Crippen LogP contribution in [0.3, 0.4) is 0 Å². The summed E-state index contributed by atoms with van der Waals surface area (Å²) < 4.78 is 5.77. The van der Waals surface area contributed by atoms with Crippen LogP contribution in [-0.4, -0.2) is 68.1 Å².